The van der Waals surface area contributed by atoms with E-state index in [1.165, 1.54) is 7.11 Å². The second-order valence-corrected chi connectivity index (χ2v) is 6.13. The molecule has 0 aliphatic carbocycles. The van der Waals surface area contributed by atoms with E-state index in [1.54, 1.807) is 12.1 Å². The van der Waals surface area contributed by atoms with Crippen LogP contribution in [0.3, 0.4) is 0 Å². The van der Waals surface area contributed by atoms with Crippen molar-refractivity contribution in [2.75, 3.05) is 20.2 Å². The highest BCUT2D eigenvalue weighted by Crippen LogP contribution is 2.31. The molecule has 0 atom stereocenters. The van der Waals surface area contributed by atoms with Gasteiger partial charge in [0.15, 0.2) is 0 Å². The molecule has 110 valence electrons. The van der Waals surface area contributed by atoms with E-state index in [9.17, 15) is 4.79 Å². The lowest BCUT2D eigenvalue weighted by molar-refractivity contribution is -0.131. The molecule has 3 nitrogen and oxygen atoms in total. The third-order valence-corrected chi connectivity index (χ3v) is 4.45. The molecule has 2 rings (SSSR count). The smallest absolute Gasteiger partial charge is 0.227 e. The van der Waals surface area contributed by atoms with Gasteiger partial charge in [-0.2, -0.15) is 0 Å². The number of hydrogen-bond acceptors (Lipinski definition) is 2. The first kappa shape index (κ1) is 15.5. The molecular weight excluding hydrogens is 297 g/mol. The fourth-order valence-corrected chi connectivity index (χ4v) is 2.88. The summed E-state index contributed by atoms with van der Waals surface area (Å²) in [5, 5.41) is 0.997. The highest BCUT2D eigenvalue weighted by atomic mass is 35.5. The topological polar surface area (TPSA) is 29.5 Å². The van der Waals surface area contributed by atoms with Crippen LogP contribution in [-0.4, -0.2) is 31.0 Å². The highest BCUT2D eigenvalue weighted by molar-refractivity contribution is 6.34. The van der Waals surface area contributed by atoms with Gasteiger partial charge in [-0.05, 0) is 30.4 Å². The minimum atomic E-state index is 0.111. The molecule has 0 radical (unpaired) electrons. The van der Waals surface area contributed by atoms with Gasteiger partial charge < -0.3 is 9.64 Å². The first-order valence-corrected chi connectivity index (χ1v) is 7.56. The number of piperidine rings is 1. The van der Waals surface area contributed by atoms with E-state index in [2.05, 4.69) is 6.92 Å². The minimum Gasteiger partial charge on any atom is -0.495 e. The van der Waals surface area contributed by atoms with E-state index in [0.29, 0.717) is 21.7 Å². The number of benzene rings is 1. The normalized spacial score (nSPS) is 16.3. The van der Waals surface area contributed by atoms with Crippen molar-refractivity contribution < 1.29 is 9.53 Å². The summed E-state index contributed by atoms with van der Waals surface area (Å²) in [4.78, 5) is 14.2. The molecule has 1 amide bonds. The lowest BCUT2D eigenvalue weighted by atomic mass is 9.98. The molecule has 1 aromatic carbocycles. The Bertz CT molecular complexity index is 497. The quantitative estimate of drug-likeness (QED) is 0.849. The van der Waals surface area contributed by atoms with Gasteiger partial charge in [0.05, 0.1) is 18.6 Å². The van der Waals surface area contributed by atoms with Crippen LogP contribution in [0.5, 0.6) is 5.75 Å². The number of carbonyl (C=O) groups is 1. The summed E-state index contributed by atoms with van der Waals surface area (Å²) in [6.45, 7) is 3.89. The van der Waals surface area contributed by atoms with E-state index in [0.717, 1.165) is 31.5 Å². The van der Waals surface area contributed by atoms with Crippen molar-refractivity contribution in [3.8, 4) is 5.75 Å². The standard InChI is InChI=1S/C15H19Cl2NO2/c1-10-3-5-18(6-4-10)15(19)8-11-7-13(17)14(20-2)9-12(11)16/h7,9-10H,3-6,8H2,1-2H3. The van der Waals surface area contributed by atoms with Gasteiger partial charge in [0.2, 0.25) is 5.91 Å². The molecule has 1 saturated heterocycles. The first-order valence-electron chi connectivity index (χ1n) is 6.81. The molecule has 20 heavy (non-hydrogen) atoms. The highest BCUT2D eigenvalue weighted by Gasteiger charge is 2.21. The van der Waals surface area contributed by atoms with Crippen molar-refractivity contribution in [3.63, 3.8) is 0 Å². The monoisotopic (exact) mass is 315 g/mol. The second-order valence-electron chi connectivity index (χ2n) is 5.32. The summed E-state index contributed by atoms with van der Waals surface area (Å²) in [5.74, 6) is 1.35. The van der Waals surface area contributed by atoms with Gasteiger partial charge in [0.25, 0.3) is 0 Å². The third kappa shape index (κ3) is 3.58. The third-order valence-electron chi connectivity index (χ3n) is 3.80. The molecule has 0 aromatic heterocycles. The maximum absolute atomic E-state index is 12.3. The van der Waals surface area contributed by atoms with Crippen molar-refractivity contribution in [2.24, 2.45) is 5.92 Å². The van der Waals surface area contributed by atoms with Crippen molar-refractivity contribution in [1.29, 1.82) is 0 Å². The Kier molecular flexibility index (Phi) is 5.17. The maximum atomic E-state index is 12.3. The van der Waals surface area contributed by atoms with Crippen LogP contribution < -0.4 is 4.74 Å². The molecule has 0 saturated carbocycles. The van der Waals surface area contributed by atoms with Crippen LogP contribution >= 0.6 is 23.2 Å². The molecule has 1 aromatic rings. The predicted octanol–water partition coefficient (Wildman–Crippen LogP) is 3.80. The summed E-state index contributed by atoms with van der Waals surface area (Å²) in [5.41, 5.74) is 0.751. The molecule has 1 aliphatic rings. The van der Waals surface area contributed by atoms with Gasteiger partial charge in [-0.1, -0.05) is 30.1 Å². The number of ether oxygens (including phenoxy) is 1. The largest absolute Gasteiger partial charge is 0.495 e. The van der Waals surface area contributed by atoms with Crippen molar-refractivity contribution in [2.45, 2.75) is 26.2 Å². The second kappa shape index (κ2) is 6.68. The lowest BCUT2D eigenvalue weighted by Crippen LogP contribution is -2.38. The van der Waals surface area contributed by atoms with Crippen molar-refractivity contribution >= 4 is 29.1 Å². The van der Waals surface area contributed by atoms with Gasteiger partial charge >= 0.3 is 0 Å². The van der Waals surface area contributed by atoms with E-state index >= 15 is 0 Å². The number of methoxy groups -OCH3 is 1. The molecular formula is C15H19Cl2NO2. The Hall–Kier alpha value is -0.930. The summed E-state index contributed by atoms with van der Waals surface area (Å²) >= 11 is 12.3. The Morgan fingerprint density at radius 3 is 2.55 bits per heavy atom. The number of likely N-dealkylation sites (tertiary alicyclic amines) is 1. The first-order chi connectivity index (χ1) is 9.51. The van der Waals surface area contributed by atoms with E-state index in [4.69, 9.17) is 27.9 Å². The number of rotatable bonds is 3. The van der Waals surface area contributed by atoms with Crippen molar-refractivity contribution in [3.05, 3.63) is 27.7 Å². The van der Waals surface area contributed by atoms with Crippen molar-refractivity contribution in [1.82, 2.24) is 4.90 Å². The molecule has 0 unspecified atom stereocenters. The number of hydrogen-bond donors (Lipinski definition) is 0. The summed E-state index contributed by atoms with van der Waals surface area (Å²) in [6.07, 6.45) is 2.43. The minimum absolute atomic E-state index is 0.111. The average Bonchev–Trinajstić information content (AvgIpc) is 2.43. The van der Waals surface area contributed by atoms with Gasteiger partial charge in [-0.3, -0.25) is 4.79 Å². The zero-order valence-electron chi connectivity index (χ0n) is 11.8. The molecule has 0 N–H and O–H groups in total. The Labute approximate surface area is 129 Å². The van der Waals surface area contributed by atoms with Crippen LogP contribution in [0.15, 0.2) is 12.1 Å². The SMILES string of the molecule is COc1cc(Cl)c(CC(=O)N2CCC(C)CC2)cc1Cl. The maximum Gasteiger partial charge on any atom is 0.227 e. The number of amides is 1. The van der Waals surface area contributed by atoms with Gasteiger partial charge in [-0.25, -0.2) is 0 Å². The Morgan fingerprint density at radius 2 is 1.95 bits per heavy atom. The molecule has 0 spiro atoms. The van der Waals surface area contributed by atoms with Gasteiger partial charge in [0, 0.05) is 24.2 Å². The van der Waals surface area contributed by atoms with Crippen LogP contribution in [0.1, 0.15) is 25.3 Å². The fraction of sp³-hybridized carbons (Fsp3) is 0.533. The fourth-order valence-electron chi connectivity index (χ4n) is 2.39. The van der Waals surface area contributed by atoms with Gasteiger partial charge in [0.1, 0.15) is 5.75 Å². The number of halogens is 2. The lowest BCUT2D eigenvalue weighted by Gasteiger charge is -2.30. The molecule has 1 heterocycles. The van der Waals surface area contributed by atoms with E-state index in [1.807, 2.05) is 4.90 Å². The Morgan fingerprint density at radius 1 is 1.30 bits per heavy atom. The zero-order chi connectivity index (χ0) is 14.7. The summed E-state index contributed by atoms with van der Waals surface area (Å²) in [7, 11) is 1.54. The number of carbonyl (C=O) groups excluding carboxylic acids is 1. The van der Waals surface area contributed by atoms with Crippen LogP contribution in [0.4, 0.5) is 0 Å². The number of nitrogens with zero attached hydrogens (tertiary/aromatic N) is 1. The average molecular weight is 316 g/mol. The van der Waals surface area contributed by atoms with Crippen LogP contribution in [0.25, 0.3) is 0 Å². The summed E-state index contributed by atoms with van der Waals surface area (Å²) in [6, 6.07) is 3.37. The molecule has 1 fully saturated rings. The van der Waals surface area contributed by atoms with E-state index in [-0.39, 0.29) is 12.3 Å². The van der Waals surface area contributed by atoms with Crippen LogP contribution in [0, 0.1) is 5.92 Å². The van der Waals surface area contributed by atoms with Crippen LogP contribution in [-0.2, 0) is 11.2 Å². The summed E-state index contributed by atoms with van der Waals surface area (Å²) < 4.78 is 5.10. The molecule has 0 bridgehead atoms. The van der Waals surface area contributed by atoms with Gasteiger partial charge in [-0.15, -0.1) is 0 Å². The molecule has 5 heteroatoms. The van der Waals surface area contributed by atoms with E-state index < -0.39 is 0 Å². The molecule has 1 aliphatic heterocycles. The Balaban J connectivity index is 2.06. The predicted molar refractivity (Wildman–Crippen MR) is 81.7 cm³/mol. The zero-order valence-corrected chi connectivity index (χ0v) is 13.3. The van der Waals surface area contributed by atoms with Crippen LogP contribution in [0.2, 0.25) is 10.0 Å².